The van der Waals surface area contributed by atoms with E-state index in [0.717, 1.165) is 12.1 Å². The zero-order chi connectivity index (χ0) is 12.2. The lowest BCUT2D eigenvalue weighted by atomic mass is 10.2. The summed E-state index contributed by atoms with van der Waals surface area (Å²) in [5.41, 5.74) is -0.359. The molecule has 0 unspecified atom stereocenters. The van der Waals surface area contributed by atoms with Crippen LogP contribution in [-0.2, 0) is 11.0 Å². The summed E-state index contributed by atoms with van der Waals surface area (Å²) in [7, 11) is 0. The molecule has 0 aliphatic carbocycles. The van der Waals surface area contributed by atoms with Crippen molar-refractivity contribution in [2.75, 3.05) is 17.3 Å². The van der Waals surface area contributed by atoms with Crippen molar-refractivity contribution in [3.05, 3.63) is 29.8 Å². The number of anilines is 1. The highest BCUT2D eigenvalue weighted by Crippen LogP contribution is 2.29. The van der Waals surface area contributed by atoms with Crippen LogP contribution in [0.2, 0.25) is 0 Å². The van der Waals surface area contributed by atoms with Crippen LogP contribution >= 0.6 is 11.8 Å². The van der Waals surface area contributed by atoms with Crippen LogP contribution in [0, 0.1) is 0 Å². The summed E-state index contributed by atoms with van der Waals surface area (Å²) in [6, 6.07) is 4.35. The van der Waals surface area contributed by atoms with E-state index in [4.69, 9.17) is 0 Å². The summed E-state index contributed by atoms with van der Waals surface area (Å²) in [5, 5.41) is 2.49. The molecule has 0 saturated heterocycles. The molecule has 1 aromatic carbocycles. The molecule has 0 heterocycles. The van der Waals surface area contributed by atoms with E-state index in [2.05, 4.69) is 5.32 Å². The molecule has 0 aromatic heterocycles. The number of thioether (sulfide) groups is 1. The summed E-state index contributed by atoms with van der Waals surface area (Å²) >= 11 is 1.34. The van der Waals surface area contributed by atoms with Gasteiger partial charge >= 0.3 is 6.18 Å². The fraction of sp³-hybridized carbons (Fsp3) is 0.300. The third-order valence-corrected chi connectivity index (χ3v) is 2.32. The summed E-state index contributed by atoms with van der Waals surface area (Å²) in [5.74, 6) is 0.0494. The Bertz CT molecular complexity index is 361. The summed E-state index contributed by atoms with van der Waals surface area (Å²) in [6.07, 6.45) is -2.58. The highest BCUT2D eigenvalue weighted by atomic mass is 32.2. The zero-order valence-electron chi connectivity index (χ0n) is 8.47. The van der Waals surface area contributed by atoms with E-state index in [1.54, 1.807) is 6.26 Å². The van der Waals surface area contributed by atoms with Gasteiger partial charge in [0.05, 0.1) is 11.3 Å². The zero-order valence-corrected chi connectivity index (χ0v) is 9.28. The first kappa shape index (κ1) is 12.9. The second-order valence-electron chi connectivity index (χ2n) is 3.06. The molecule has 1 N–H and O–H groups in total. The van der Waals surface area contributed by atoms with E-state index < -0.39 is 11.7 Å². The van der Waals surface area contributed by atoms with E-state index in [1.165, 1.54) is 23.9 Å². The van der Waals surface area contributed by atoms with E-state index in [9.17, 15) is 18.0 Å². The van der Waals surface area contributed by atoms with Crippen LogP contribution in [0.3, 0.4) is 0 Å². The molecule has 0 fully saturated rings. The molecule has 2 nitrogen and oxygen atoms in total. The largest absolute Gasteiger partial charge is 0.416 e. The minimum atomic E-state index is -4.35. The highest BCUT2D eigenvalue weighted by Gasteiger charge is 2.29. The summed E-state index contributed by atoms with van der Waals surface area (Å²) in [6.45, 7) is 0. The predicted octanol–water partition coefficient (Wildman–Crippen LogP) is 3.01. The van der Waals surface area contributed by atoms with Gasteiger partial charge in [-0.05, 0) is 30.5 Å². The number of hydrogen-bond acceptors (Lipinski definition) is 2. The monoisotopic (exact) mass is 249 g/mol. The van der Waals surface area contributed by atoms with Gasteiger partial charge in [0.25, 0.3) is 0 Å². The molecule has 0 saturated carbocycles. The average molecular weight is 249 g/mol. The smallest absolute Gasteiger partial charge is 0.325 e. The Morgan fingerprint density at radius 1 is 1.31 bits per heavy atom. The van der Waals surface area contributed by atoms with Gasteiger partial charge in [0.1, 0.15) is 0 Å². The van der Waals surface area contributed by atoms with Gasteiger partial charge < -0.3 is 5.32 Å². The first-order valence-electron chi connectivity index (χ1n) is 4.39. The molecule has 16 heavy (non-hydrogen) atoms. The minimum Gasteiger partial charge on any atom is -0.325 e. The molecular formula is C10H10F3NOS. The van der Waals surface area contributed by atoms with Crippen LogP contribution in [0.1, 0.15) is 5.56 Å². The van der Waals surface area contributed by atoms with Crippen LogP contribution in [0.5, 0.6) is 0 Å². The van der Waals surface area contributed by atoms with E-state index >= 15 is 0 Å². The van der Waals surface area contributed by atoms with Gasteiger partial charge in [0.2, 0.25) is 5.91 Å². The van der Waals surface area contributed by atoms with Gasteiger partial charge in [-0.1, -0.05) is 0 Å². The molecule has 6 heteroatoms. The van der Waals surface area contributed by atoms with Crippen LogP contribution < -0.4 is 5.32 Å². The maximum atomic E-state index is 12.2. The SMILES string of the molecule is CSCC(=O)Nc1ccc(C(F)(F)F)cc1. The standard InChI is InChI=1S/C10H10F3NOS/c1-16-6-9(15)14-8-4-2-7(3-5-8)10(11,12)13/h2-5H,6H2,1H3,(H,14,15). The lowest BCUT2D eigenvalue weighted by molar-refractivity contribution is -0.137. The van der Waals surface area contributed by atoms with Crippen molar-refractivity contribution in [2.45, 2.75) is 6.18 Å². The number of halogens is 3. The molecule has 88 valence electrons. The topological polar surface area (TPSA) is 29.1 Å². The fourth-order valence-corrected chi connectivity index (χ4v) is 1.41. The Morgan fingerprint density at radius 2 is 1.88 bits per heavy atom. The number of carbonyl (C=O) groups is 1. The number of benzene rings is 1. The summed E-state index contributed by atoms with van der Waals surface area (Å²) in [4.78, 5) is 11.1. The molecule has 0 aliphatic rings. The van der Waals surface area contributed by atoms with Crippen molar-refractivity contribution in [2.24, 2.45) is 0 Å². The Labute approximate surface area is 95.2 Å². The number of carbonyl (C=O) groups excluding carboxylic acids is 1. The van der Waals surface area contributed by atoms with Crippen LogP contribution in [-0.4, -0.2) is 17.9 Å². The van der Waals surface area contributed by atoms with Crippen molar-refractivity contribution in [3.63, 3.8) is 0 Å². The fourth-order valence-electron chi connectivity index (χ4n) is 1.07. The molecule has 0 bridgehead atoms. The number of amides is 1. The van der Waals surface area contributed by atoms with Gasteiger partial charge in [0, 0.05) is 5.69 Å². The average Bonchev–Trinajstić information content (AvgIpc) is 2.17. The molecule has 1 aromatic rings. The van der Waals surface area contributed by atoms with Crippen LogP contribution in [0.25, 0.3) is 0 Å². The molecule has 0 radical (unpaired) electrons. The van der Waals surface area contributed by atoms with Crippen molar-refractivity contribution in [3.8, 4) is 0 Å². The first-order chi connectivity index (χ1) is 7.43. The van der Waals surface area contributed by atoms with Crippen molar-refractivity contribution in [1.82, 2.24) is 0 Å². The van der Waals surface area contributed by atoms with E-state index in [1.807, 2.05) is 0 Å². The lowest BCUT2D eigenvalue weighted by Crippen LogP contribution is -2.14. The molecule has 0 spiro atoms. The Hall–Kier alpha value is -1.17. The number of rotatable bonds is 3. The Kier molecular flexibility index (Phi) is 4.23. The quantitative estimate of drug-likeness (QED) is 0.892. The molecule has 0 aliphatic heterocycles. The highest BCUT2D eigenvalue weighted by molar-refractivity contribution is 7.99. The lowest BCUT2D eigenvalue weighted by Gasteiger charge is -2.08. The van der Waals surface area contributed by atoms with E-state index in [0.29, 0.717) is 5.69 Å². The van der Waals surface area contributed by atoms with Crippen molar-refractivity contribution in [1.29, 1.82) is 0 Å². The van der Waals surface area contributed by atoms with Gasteiger partial charge in [0.15, 0.2) is 0 Å². The van der Waals surface area contributed by atoms with Crippen molar-refractivity contribution < 1.29 is 18.0 Å². The molecule has 1 rings (SSSR count). The normalized spacial score (nSPS) is 11.2. The molecular weight excluding hydrogens is 239 g/mol. The third kappa shape index (κ3) is 3.77. The van der Waals surface area contributed by atoms with Crippen LogP contribution in [0.4, 0.5) is 18.9 Å². The number of nitrogens with one attached hydrogen (secondary N) is 1. The third-order valence-electron chi connectivity index (χ3n) is 1.77. The Morgan fingerprint density at radius 3 is 2.31 bits per heavy atom. The van der Waals surface area contributed by atoms with Gasteiger partial charge in [-0.15, -0.1) is 0 Å². The molecule has 1 amide bonds. The Balaban J connectivity index is 2.69. The van der Waals surface area contributed by atoms with Gasteiger partial charge in [-0.25, -0.2) is 0 Å². The number of alkyl halides is 3. The van der Waals surface area contributed by atoms with Crippen LogP contribution in [0.15, 0.2) is 24.3 Å². The second kappa shape index (κ2) is 5.25. The second-order valence-corrected chi connectivity index (χ2v) is 3.92. The van der Waals surface area contributed by atoms with E-state index in [-0.39, 0.29) is 11.7 Å². The molecule has 0 atom stereocenters. The summed E-state index contributed by atoms with van der Waals surface area (Å²) < 4.78 is 36.6. The van der Waals surface area contributed by atoms with Gasteiger partial charge in [-0.2, -0.15) is 24.9 Å². The maximum absolute atomic E-state index is 12.2. The minimum absolute atomic E-state index is 0.229. The number of hydrogen-bond donors (Lipinski definition) is 1. The predicted molar refractivity (Wildman–Crippen MR) is 58.5 cm³/mol. The first-order valence-corrected chi connectivity index (χ1v) is 5.79. The van der Waals surface area contributed by atoms with Gasteiger partial charge in [-0.3, -0.25) is 4.79 Å². The van der Waals surface area contributed by atoms with Crippen molar-refractivity contribution >= 4 is 23.4 Å². The maximum Gasteiger partial charge on any atom is 0.416 e.